The molecule has 1 aliphatic rings. The molecule has 1 atom stereocenters. The van der Waals surface area contributed by atoms with Gasteiger partial charge in [-0.1, -0.05) is 12.1 Å². The van der Waals surface area contributed by atoms with Crippen molar-refractivity contribution >= 4 is 0 Å². The molecule has 0 amide bonds. The summed E-state index contributed by atoms with van der Waals surface area (Å²) in [4.78, 5) is 0. The van der Waals surface area contributed by atoms with Gasteiger partial charge in [0.25, 0.3) is 0 Å². The highest BCUT2D eigenvalue weighted by Crippen LogP contribution is 2.33. The molecule has 0 spiro atoms. The van der Waals surface area contributed by atoms with Gasteiger partial charge in [0, 0.05) is 13.7 Å². The minimum atomic E-state index is -0.172. The highest BCUT2D eigenvalue weighted by atomic mass is 16.5. The summed E-state index contributed by atoms with van der Waals surface area (Å²) in [5.74, 6) is 0.885. The van der Waals surface area contributed by atoms with E-state index in [1.165, 1.54) is 5.56 Å². The summed E-state index contributed by atoms with van der Waals surface area (Å²) in [6.45, 7) is 1.88. The summed E-state index contributed by atoms with van der Waals surface area (Å²) in [6.07, 6.45) is 1.01. The summed E-state index contributed by atoms with van der Waals surface area (Å²) >= 11 is 0. The Morgan fingerprint density at radius 2 is 2.20 bits per heavy atom. The van der Waals surface area contributed by atoms with E-state index in [9.17, 15) is 0 Å². The highest BCUT2D eigenvalue weighted by molar-refractivity contribution is 5.33. The molecule has 0 radical (unpaired) electrons. The van der Waals surface area contributed by atoms with E-state index in [4.69, 9.17) is 9.47 Å². The van der Waals surface area contributed by atoms with Gasteiger partial charge in [0.15, 0.2) is 0 Å². The van der Waals surface area contributed by atoms with Gasteiger partial charge in [-0.05, 0) is 30.7 Å². The van der Waals surface area contributed by atoms with Crippen LogP contribution in [-0.2, 0) is 10.3 Å². The SMILES string of the molecule is COc1cccc(C2(OC)CCNC2)c1. The second kappa shape index (κ2) is 4.21. The van der Waals surface area contributed by atoms with Crippen molar-refractivity contribution < 1.29 is 9.47 Å². The summed E-state index contributed by atoms with van der Waals surface area (Å²) in [7, 11) is 3.46. The van der Waals surface area contributed by atoms with Crippen LogP contribution < -0.4 is 10.1 Å². The number of hydrogen-bond acceptors (Lipinski definition) is 3. The Hall–Kier alpha value is -1.06. The summed E-state index contributed by atoms with van der Waals surface area (Å²) in [5, 5.41) is 3.33. The van der Waals surface area contributed by atoms with Crippen LogP contribution in [0.4, 0.5) is 0 Å². The smallest absolute Gasteiger partial charge is 0.119 e. The molecule has 82 valence electrons. The van der Waals surface area contributed by atoms with Gasteiger partial charge in [-0.2, -0.15) is 0 Å². The van der Waals surface area contributed by atoms with Crippen molar-refractivity contribution in [2.24, 2.45) is 0 Å². The fourth-order valence-corrected chi connectivity index (χ4v) is 2.11. The molecule has 1 heterocycles. The van der Waals surface area contributed by atoms with Gasteiger partial charge >= 0.3 is 0 Å². The van der Waals surface area contributed by atoms with Crippen molar-refractivity contribution in [3.63, 3.8) is 0 Å². The number of hydrogen-bond donors (Lipinski definition) is 1. The zero-order valence-corrected chi connectivity index (χ0v) is 9.25. The second-order valence-electron chi connectivity index (χ2n) is 3.86. The summed E-state index contributed by atoms with van der Waals surface area (Å²) in [5.41, 5.74) is 1.02. The van der Waals surface area contributed by atoms with E-state index in [-0.39, 0.29) is 5.60 Å². The van der Waals surface area contributed by atoms with Crippen molar-refractivity contribution in [2.75, 3.05) is 27.3 Å². The molecule has 0 aromatic heterocycles. The van der Waals surface area contributed by atoms with Crippen LogP contribution in [0.15, 0.2) is 24.3 Å². The van der Waals surface area contributed by atoms with Gasteiger partial charge in [-0.3, -0.25) is 0 Å². The molecule has 1 aromatic rings. The Kier molecular flexibility index (Phi) is 2.93. The van der Waals surface area contributed by atoms with E-state index in [1.54, 1.807) is 14.2 Å². The first-order chi connectivity index (χ1) is 7.30. The Morgan fingerprint density at radius 3 is 2.80 bits per heavy atom. The van der Waals surface area contributed by atoms with Crippen LogP contribution in [0, 0.1) is 0 Å². The minimum absolute atomic E-state index is 0.172. The Labute approximate surface area is 90.4 Å². The van der Waals surface area contributed by atoms with Gasteiger partial charge < -0.3 is 14.8 Å². The third-order valence-corrected chi connectivity index (χ3v) is 3.10. The van der Waals surface area contributed by atoms with Crippen molar-refractivity contribution in [3.8, 4) is 5.75 Å². The Bertz CT molecular complexity index is 332. The molecule has 1 aliphatic heterocycles. The number of ether oxygens (including phenoxy) is 2. The molecule has 1 N–H and O–H groups in total. The highest BCUT2D eigenvalue weighted by Gasteiger charge is 2.35. The molecule has 3 nitrogen and oxygen atoms in total. The maximum absolute atomic E-state index is 5.67. The lowest BCUT2D eigenvalue weighted by atomic mass is 9.92. The molecule has 1 fully saturated rings. The van der Waals surface area contributed by atoms with Crippen LogP contribution >= 0.6 is 0 Å². The topological polar surface area (TPSA) is 30.5 Å². The van der Waals surface area contributed by atoms with Crippen LogP contribution in [0.2, 0.25) is 0 Å². The van der Waals surface area contributed by atoms with Crippen LogP contribution in [0.5, 0.6) is 5.75 Å². The van der Waals surface area contributed by atoms with Crippen molar-refractivity contribution in [3.05, 3.63) is 29.8 Å². The predicted octanol–water partition coefficient (Wildman–Crippen LogP) is 1.53. The van der Waals surface area contributed by atoms with Gasteiger partial charge in [0.2, 0.25) is 0 Å². The van der Waals surface area contributed by atoms with E-state index in [2.05, 4.69) is 17.4 Å². The lowest BCUT2D eigenvalue weighted by Gasteiger charge is -2.27. The fourth-order valence-electron chi connectivity index (χ4n) is 2.11. The fraction of sp³-hybridized carbons (Fsp3) is 0.500. The Balaban J connectivity index is 2.33. The lowest BCUT2D eigenvalue weighted by molar-refractivity contribution is 0.00310. The molecule has 1 aromatic carbocycles. The molecule has 2 rings (SSSR count). The van der Waals surface area contributed by atoms with Crippen LogP contribution in [0.1, 0.15) is 12.0 Å². The van der Waals surface area contributed by atoms with E-state index < -0.39 is 0 Å². The zero-order chi connectivity index (χ0) is 10.7. The molecule has 0 saturated carbocycles. The van der Waals surface area contributed by atoms with Crippen LogP contribution in [-0.4, -0.2) is 27.3 Å². The summed E-state index contributed by atoms with van der Waals surface area (Å²) < 4.78 is 10.9. The number of methoxy groups -OCH3 is 2. The molecule has 1 saturated heterocycles. The third kappa shape index (κ3) is 1.85. The van der Waals surface area contributed by atoms with Crippen molar-refractivity contribution in [1.29, 1.82) is 0 Å². The van der Waals surface area contributed by atoms with Crippen molar-refractivity contribution in [2.45, 2.75) is 12.0 Å². The van der Waals surface area contributed by atoms with Crippen LogP contribution in [0.25, 0.3) is 0 Å². The maximum atomic E-state index is 5.67. The van der Waals surface area contributed by atoms with E-state index >= 15 is 0 Å². The van der Waals surface area contributed by atoms with E-state index in [0.717, 1.165) is 25.3 Å². The van der Waals surface area contributed by atoms with Gasteiger partial charge in [-0.25, -0.2) is 0 Å². The molecule has 3 heteroatoms. The minimum Gasteiger partial charge on any atom is -0.497 e. The van der Waals surface area contributed by atoms with Gasteiger partial charge in [-0.15, -0.1) is 0 Å². The third-order valence-electron chi connectivity index (χ3n) is 3.10. The summed E-state index contributed by atoms with van der Waals surface area (Å²) in [6, 6.07) is 8.11. The van der Waals surface area contributed by atoms with Gasteiger partial charge in [0.05, 0.1) is 7.11 Å². The first-order valence-electron chi connectivity index (χ1n) is 5.21. The predicted molar refractivity (Wildman–Crippen MR) is 59.2 cm³/mol. The van der Waals surface area contributed by atoms with E-state index in [0.29, 0.717) is 0 Å². The molecule has 0 aliphatic carbocycles. The Morgan fingerprint density at radius 1 is 1.33 bits per heavy atom. The maximum Gasteiger partial charge on any atom is 0.119 e. The van der Waals surface area contributed by atoms with Gasteiger partial charge in [0.1, 0.15) is 11.4 Å². The van der Waals surface area contributed by atoms with Crippen molar-refractivity contribution in [1.82, 2.24) is 5.32 Å². The molecule has 0 bridgehead atoms. The average molecular weight is 207 g/mol. The second-order valence-corrected chi connectivity index (χ2v) is 3.86. The number of benzene rings is 1. The number of rotatable bonds is 3. The first-order valence-corrected chi connectivity index (χ1v) is 5.21. The molecule has 15 heavy (non-hydrogen) atoms. The van der Waals surface area contributed by atoms with Crippen LogP contribution in [0.3, 0.4) is 0 Å². The first kappa shape index (κ1) is 10.5. The molecule has 1 unspecified atom stereocenters. The monoisotopic (exact) mass is 207 g/mol. The van der Waals surface area contributed by atoms with E-state index in [1.807, 2.05) is 12.1 Å². The standard InChI is InChI=1S/C12H17NO2/c1-14-11-5-3-4-10(8-11)12(15-2)6-7-13-9-12/h3-5,8,13H,6-7,9H2,1-2H3. The largest absolute Gasteiger partial charge is 0.497 e. The average Bonchev–Trinajstić information content (AvgIpc) is 2.79. The molecular weight excluding hydrogens is 190 g/mol. The zero-order valence-electron chi connectivity index (χ0n) is 9.25. The quantitative estimate of drug-likeness (QED) is 0.815. The number of nitrogens with one attached hydrogen (secondary N) is 1. The molecular formula is C12H17NO2. The lowest BCUT2D eigenvalue weighted by Crippen LogP contribution is -2.30. The normalized spacial score (nSPS) is 25.5.